The van der Waals surface area contributed by atoms with E-state index in [1.54, 1.807) is 19.2 Å². The number of nitrogens with zero attached hydrogens (tertiary/aromatic N) is 1. The maximum Gasteiger partial charge on any atom is 0.213 e. The van der Waals surface area contributed by atoms with Crippen molar-refractivity contribution in [1.82, 2.24) is 15.4 Å². The molecule has 0 atom stereocenters. The van der Waals surface area contributed by atoms with Gasteiger partial charge in [-0.05, 0) is 36.5 Å². The normalized spacial score (nSPS) is 15.8. The summed E-state index contributed by atoms with van der Waals surface area (Å²) in [6.07, 6.45) is 3.42. The predicted molar refractivity (Wildman–Crippen MR) is 93.7 cm³/mol. The molecule has 0 unspecified atom stereocenters. The van der Waals surface area contributed by atoms with Crippen molar-refractivity contribution in [3.8, 4) is 0 Å². The predicted octanol–water partition coefficient (Wildman–Crippen LogP) is 1.21. The molecule has 0 amide bonds. The Balaban J connectivity index is 1.67. The van der Waals surface area contributed by atoms with E-state index in [4.69, 9.17) is 0 Å². The van der Waals surface area contributed by atoms with Gasteiger partial charge in [-0.1, -0.05) is 18.6 Å². The van der Waals surface area contributed by atoms with Crippen LogP contribution in [0, 0.1) is 11.7 Å². The standard InChI is InChI=1S/C16H25FN4O2S/c1-18-16(20-11-14-5-7-15(17)8-6-14)19-9-10-24(22,23)21-12-13-3-2-4-13/h5-8,13,21H,2-4,9-12H2,1H3,(H2,18,19,20). The van der Waals surface area contributed by atoms with Crippen LogP contribution in [0.3, 0.4) is 0 Å². The summed E-state index contributed by atoms with van der Waals surface area (Å²) >= 11 is 0. The molecular weight excluding hydrogens is 331 g/mol. The first-order valence-corrected chi connectivity index (χ1v) is 9.80. The van der Waals surface area contributed by atoms with E-state index in [1.807, 2.05) is 0 Å². The lowest BCUT2D eigenvalue weighted by atomic mass is 9.86. The molecule has 1 aliphatic carbocycles. The van der Waals surface area contributed by atoms with Crippen molar-refractivity contribution < 1.29 is 12.8 Å². The average molecular weight is 356 g/mol. The highest BCUT2D eigenvalue weighted by Crippen LogP contribution is 2.25. The lowest BCUT2D eigenvalue weighted by Gasteiger charge is -2.25. The molecule has 1 aromatic rings. The van der Waals surface area contributed by atoms with Crippen molar-refractivity contribution in [2.45, 2.75) is 25.8 Å². The molecule has 1 aromatic carbocycles. The fraction of sp³-hybridized carbons (Fsp3) is 0.562. The third-order valence-electron chi connectivity index (χ3n) is 4.08. The van der Waals surface area contributed by atoms with E-state index < -0.39 is 10.0 Å². The van der Waals surface area contributed by atoms with Crippen LogP contribution in [0.4, 0.5) is 4.39 Å². The van der Waals surface area contributed by atoms with Crippen molar-refractivity contribution in [1.29, 1.82) is 0 Å². The minimum absolute atomic E-state index is 0.00301. The Labute approximate surface area is 143 Å². The zero-order chi connectivity index (χ0) is 17.4. The molecule has 2 rings (SSSR count). The molecule has 0 radical (unpaired) electrons. The highest BCUT2D eigenvalue weighted by atomic mass is 32.2. The number of rotatable bonds is 8. The van der Waals surface area contributed by atoms with Crippen LogP contribution in [-0.2, 0) is 16.6 Å². The SMILES string of the molecule is CN=C(NCCS(=O)(=O)NCC1CCC1)NCc1ccc(F)cc1. The van der Waals surface area contributed by atoms with Gasteiger partial charge in [0, 0.05) is 26.7 Å². The topological polar surface area (TPSA) is 82.6 Å². The first-order chi connectivity index (χ1) is 11.5. The summed E-state index contributed by atoms with van der Waals surface area (Å²) in [6.45, 7) is 1.29. The molecule has 0 spiro atoms. The number of sulfonamides is 1. The van der Waals surface area contributed by atoms with Crippen LogP contribution in [0.15, 0.2) is 29.3 Å². The first kappa shape index (κ1) is 18.7. The number of aliphatic imine (C=N–C) groups is 1. The molecule has 24 heavy (non-hydrogen) atoms. The second-order valence-electron chi connectivity index (χ2n) is 5.94. The molecule has 1 saturated carbocycles. The van der Waals surface area contributed by atoms with Crippen LogP contribution < -0.4 is 15.4 Å². The fourth-order valence-corrected chi connectivity index (χ4v) is 3.33. The largest absolute Gasteiger partial charge is 0.355 e. The molecule has 8 heteroatoms. The molecule has 1 fully saturated rings. The Morgan fingerprint density at radius 1 is 1.25 bits per heavy atom. The highest BCUT2D eigenvalue weighted by molar-refractivity contribution is 7.89. The van der Waals surface area contributed by atoms with Crippen molar-refractivity contribution in [2.75, 3.05) is 25.9 Å². The average Bonchev–Trinajstić information content (AvgIpc) is 2.50. The van der Waals surface area contributed by atoms with Crippen LogP contribution in [-0.4, -0.2) is 40.3 Å². The van der Waals surface area contributed by atoms with Gasteiger partial charge in [-0.15, -0.1) is 0 Å². The Kier molecular flexibility index (Phi) is 6.99. The van der Waals surface area contributed by atoms with E-state index in [9.17, 15) is 12.8 Å². The summed E-state index contributed by atoms with van der Waals surface area (Å²) in [6, 6.07) is 6.16. The van der Waals surface area contributed by atoms with Gasteiger partial charge in [0.2, 0.25) is 10.0 Å². The third kappa shape index (κ3) is 6.45. The van der Waals surface area contributed by atoms with Gasteiger partial charge in [0.15, 0.2) is 5.96 Å². The number of halogens is 1. The van der Waals surface area contributed by atoms with Crippen LogP contribution in [0.25, 0.3) is 0 Å². The maximum atomic E-state index is 12.8. The molecule has 3 N–H and O–H groups in total. The highest BCUT2D eigenvalue weighted by Gasteiger charge is 2.19. The van der Waals surface area contributed by atoms with E-state index in [-0.39, 0.29) is 18.1 Å². The Morgan fingerprint density at radius 3 is 2.54 bits per heavy atom. The summed E-state index contributed by atoms with van der Waals surface area (Å²) in [5, 5.41) is 6.03. The Morgan fingerprint density at radius 2 is 1.96 bits per heavy atom. The van der Waals surface area contributed by atoms with Crippen LogP contribution in [0.2, 0.25) is 0 Å². The van der Waals surface area contributed by atoms with Gasteiger partial charge in [-0.2, -0.15) is 0 Å². The maximum absolute atomic E-state index is 12.8. The van der Waals surface area contributed by atoms with Gasteiger partial charge < -0.3 is 10.6 Å². The minimum Gasteiger partial charge on any atom is -0.355 e. The fourth-order valence-electron chi connectivity index (χ4n) is 2.33. The summed E-state index contributed by atoms with van der Waals surface area (Å²) in [5.74, 6) is 0.726. The Bertz CT molecular complexity index is 643. The van der Waals surface area contributed by atoms with Gasteiger partial charge in [-0.3, -0.25) is 4.99 Å². The van der Waals surface area contributed by atoms with E-state index in [1.165, 1.54) is 18.6 Å². The van der Waals surface area contributed by atoms with Crippen molar-refractivity contribution >= 4 is 16.0 Å². The van der Waals surface area contributed by atoms with Crippen molar-refractivity contribution in [3.05, 3.63) is 35.6 Å². The van der Waals surface area contributed by atoms with E-state index in [0.717, 1.165) is 18.4 Å². The van der Waals surface area contributed by atoms with E-state index in [0.29, 0.717) is 25.0 Å². The van der Waals surface area contributed by atoms with Crippen molar-refractivity contribution in [3.63, 3.8) is 0 Å². The minimum atomic E-state index is -3.27. The van der Waals surface area contributed by atoms with E-state index >= 15 is 0 Å². The summed E-state index contributed by atoms with van der Waals surface area (Å²) in [4.78, 5) is 4.04. The van der Waals surface area contributed by atoms with Crippen molar-refractivity contribution in [2.24, 2.45) is 10.9 Å². The molecule has 0 saturated heterocycles. The monoisotopic (exact) mass is 356 g/mol. The number of benzene rings is 1. The van der Waals surface area contributed by atoms with Gasteiger partial charge in [0.05, 0.1) is 5.75 Å². The van der Waals surface area contributed by atoms with Gasteiger partial charge in [-0.25, -0.2) is 17.5 Å². The zero-order valence-corrected chi connectivity index (χ0v) is 14.7. The lowest BCUT2D eigenvalue weighted by Crippen LogP contribution is -2.41. The molecule has 6 nitrogen and oxygen atoms in total. The van der Waals surface area contributed by atoms with Crippen LogP contribution >= 0.6 is 0 Å². The van der Waals surface area contributed by atoms with Gasteiger partial charge in [0.25, 0.3) is 0 Å². The second-order valence-corrected chi connectivity index (χ2v) is 7.87. The smallest absolute Gasteiger partial charge is 0.213 e. The third-order valence-corrected chi connectivity index (χ3v) is 5.42. The molecule has 0 heterocycles. The lowest BCUT2D eigenvalue weighted by molar-refractivity contribution is 0.316. The first-order valence-electron chi connectivity index (χ1n) is 8.15. The number of guanidine groups is 1. The number of nitrogens with one attached hydrogen (secondary N) is 3. The van der Waals surface area contributed by atoms with Gasteiger partial charge in [0.1, 0.15) is 5.82 Å². The van der Waals surface area contributed by atoms with E-state index in [2.05, 4.69) is 20.3 Å². The number of hydrogen-bond acceptors (Lipinski definition) is 3. The second kappa shape index (κ2) is 8.98. The summed E-state index contributed by atoms with van der Waals surface area (Å²) < 4.78 is 39.3. The molecule has 134 valence electrons. The molecule has 0 aromatic heterocycles. The molecule has 1 aliphatic rings. The molecular formula is C16H25FN4O2S. The number of hydrogen-bond donors (Lipinski definition) is 3. The van der Waals surface area contributed by atoms with Crippen LogP contribution in [0.5, 0.6) is 0 Å². The molecule has 0 aliphatic heterocycles. The summed E-state index contributed by atoms with van der Waals surface area (Å²) in [7, 11) is -1.65. The Hall–Kier alpha value is -1.67. The molecule has 0 bridgehead atoms. The van der Waals surface area contributed by atoms with Crippen LogP contribution in [0.1, 0.15) is 24.8 Å². The van der Waals surface area contributed by atoms with Gasteiger partial charge >= 0.3 is 0 Å². The zero-order valence-electron chi connectivity index (χ0n) is 13.9. The quantitative estimate of drug-likeness (QED) is 0.483. The summed E-state index contributed by atoms with van der Waals surface area (Å²) in [5.41, 5.74) is 0.911.